The van der Waals surface area contributed by atoms with E-state index in [2.05, 4.69) is 6.92 Å². The summed E-state index contributed by atoms with van der Waals surface area (Å²) in [4.78, 5) is 12.4. The van der Waals surface area contributed by atoms with Crippen molar-refractivity contribution in [3.63, 3.8) is 0 Å². The second kappa shape index (κ2) is 7.14. The molecule has 0 saturated carbocycles. The van der Waals surface area contributed by atoms with Crippen molar-refractivity contribution in [3.8, 4) is 5.75 Å². The van der Waals surface area contributed by atoms with E-state index in [9.17, 15) is 9.18 Å². The van der Waals surface area contributed by atoms with Crippen LogP contribution >= 0.6 is 0 Å². The van der Waals surface area contributed by atoms with Gasteiger partial charge in [0.05, 0.1) is 12.7 Å². The summed E-state index contributed by atoms with van der Waals surface area (Å²) < 4.78 is 18.4. The summed E-state index contributed by atoms with van der Waals surface area (Å²) in [5, 5.41) is 0. The van der Waals surface area contributed by atoms with E-state index in [1.54, 1.807) is 0 Å². The molecule has 0 spiro atoms. The monoisotopic (exact) mass is 252 g/mol. The zero-order valence-electron chi connectivity index (χ0n) is 11.3. The molecule has 18 heavy (non-hydrogen) atoms. The smallest absolute Gasteiger partial charge is 0.169 e. The van der Waals surface area contributed by atoms with Gasteiger partial charge in [0.2, 0.25) is 0 Å². The minimum absolute atomic E-state index is 0.0118. The normalized spacial score (nSPS) is 12.2. The highest BCUT2D eigenvalue weighted by atomic mass is 19.1. The molecule has 0 aliphatic rings. The summed E-state index contributed by atoms with van der Waals surface area (Å²) in [7, 11) is 1.50. The highest BCUT2D eigenvalue weighted by molar-refractivity contribution is 6.00. The van der Waals surface area contributed by atoms with Gasteiger partial charge < -0.3 is 4.74 Å². The average molecular weight is 252 g/mol. The van der Waals surface area contributed by atoms with Gasteiger partial charge in [0.25, 0.3) is 0 Å². The molecule has 0 saturated heterocycles. The van der Waals surface area contributed by atoms with Gasteiger partial charge in [-0.05, 0) is 31.0 Å². The van der Waals surface area contributed by atoms with E-state index in [-0.39, 0.29) is 11.7 Å². The minimum atomic E-state index is -0.399. The van der Waals surface area contributed by atoms with Crippen LogP contribution in [0.2, 0.25) is 0 Å². The van der Waals surface area contributed by atoms with Gasteiger partial charge in [0.15, 0.2) is 5.78 Å². The number of ketones is 1. The number of carbonyl (C=O) groups excluding carboxylic acids is 1. The summed E-state index contributed by atoms with van der Waals surface area (Å²) >= 11 is 0. The number of halogens is 1. The number of benzene rings is 1. The van der Waals surface area contributed by atoms with Crippen LogP contribution in [0, 0.1) is 11.7 Å². The molecule has 1 aromatic rings. The third kappa shape index (κ3) is 3.56. The molecule has 1 atom stereocenters. The molecule has 0 radical (unpaired) electrons. The summed E-state index contributed by atoms with van der Waals surface area (Å²) in [6, 6.07) is 4.09. The third-order valence-corrected chi connectivity index (χ3v) is 3.20. The lowest BCUT2D eigenvalue weighted by Gasteiger charge is -2.15. The molecule has 100 valence electrons. The Bertz CT molecular complexity index is 401. The summed E-state index contributed by atoms with van der Waals surface area (Å²) in [6.45, 7) is 4.09. The van der Waals surface area contributed by atoms with Crippen LogP contribution in [-0.4, -0.2) is 12.9 Å². The first-order valence-corrected chi connectivity index (χ1v) is 6.51. The summed E-state index contributed by atoms with van der Waals surface area (Å²) in [6.07, 6.45) is 3.70. The van der Waals surface area contributed by atoms with Crippen molar-refractivity contribution in [2.75, 3.05) is 7.11 Å². The summed E-state index contributed by atoms with van der Waals surface area (Å²) in [5.41, 5.74) is 0.362. The number of ether oxygens (including phenoxy) is 1. The Balaban J connectivity index is 2.96. The standard InChI is InChI=1S/C15H21FO2/c1-4-6-7-11(5-2)15(17)13-10-12(16)8-9-14(13)18-3/h8-11H,4-7H2,1-3H3. The topological polar surface area (TPSA) is 26.3 Å². The SMILES string of the molecule is CCCCC(CC)C(=O)c1cc(F)ccc1OC. The van der Waals surface area contributed by atoms with Gasteiger partial charge in [-0.15, -0.1) is 0 Å². The van der Waals surface area contributed by atoms with Crippen LogP contribution in [-0.2, 0) is 0 Å². The first-order chi connectivity index (χ1) is 8.63. The lowest BCUT2D eigenvalue weighted by Crippen LogP contribution is -2.15. The van der Waals surface area contributed by atoms with Crippen LogP contribution < -0.4 is 4.74 Å². The maximum absolute atomic E-state index is 13.3. The molecular formula is C15H21FO2. The van der Waals surface area contributed by atoms with E-state index in [4.69, 9.17) is 4.74 Å². The van der Waals surface area contributed by atoms with E-state index in [0.29, 0.717) is 11.3 Å². The second-order valence-corrected chi connectivity index (χ2v) is 4.46. The van der Waals surface area contributed by atoms with Crippen molar-refractivity contribution < 1.29 is 13.9 Å². The highest BCUT2D eigenvalue weighted by Gasteiger charge is 2.21. The molecule has 0 aliphatic heterocycles. The largest absolute Gasteiger partial charge is 0.496 e. The maximum atomic E-state index is 13.3. The van der Waals surface area contributed by atoms with Gasteiger partial charge in [-0.3, -0.25) is 4.79 Å². The first-order valence-electron chi connectivity index (χ1n) is 6.51. The number of unbranched alkanes of at least 4 members (excludes halogenated alkanes) is 1. The van der Waals surface area contributed by atoms with E-state index in [1.807, 2.05) is 6.92 Å². The van der Waals surface area contributed by atoms with Crippen LogP contribution in [0.4, 0.5) is 4.39 Å². The fourth-order valence-corrected chi connectivity index (χ4v) is 2.06. The molecule has 0 aliphatic carbocycles. The van der Waals surface area contributed by atoms with E-state index in [1.165, 1.54) is 25.3 Å². The van der Waals surface area contributed by atoms with Gasteiger partial charge in [-0.2, -0.15) is 0 Å². The van der Waals surface area contributed by atoms with Gasteiger partial charge in [-0.1, -0.05) is 26.7 Å². The van der Waals surface area contributed by atoms with Gasteiger partial charge in [-0.25, -0.2) is 4.39 Å². The number of Topliss-reactive ketones (excluding diaryl/α,β-unsaturated/α-hetero) is 1. The number of hydrogen-bond acceptors (Lipinski definition) is 2. The zero-order chi connectivity index (χ0) is 13.5. The van der Waals surface area contributed by atoms with Crippen LogP contribution in [0.1, 0.15) is 49.9 Å². The Morgan fingerprint density at radius 2 is 2.11 bits per heavy atom. The van der Waals surface area contributed by atoms with Crippen LogP contribution in [0.15, 0.2) is 18.2 Å². The molecule has 1 rings (SSSR count). The fourth-order valence-electron chi connectivity index (χ4n) is 2.06. The van der Waals surface area contributed by atoms with Gasteiger partial charge in [0, 0.05) is 5.92 Å². The molecule has 1 unspecified atom stereocenters. The third-order valence-electron chi connectivity index (χ3n) is 3.20. The van der Waals surface area contributed by atoms with Crippen molar-refractivity contribution in [2.45, 2.75) is 39.5 Å². The van der Waals surface area contributed by atoms with Gasteiger partial charge in [0.1, 0.15) is 11.6 Å². The predicted molar refractivity (Wildman–Crippen MR) is 70.6 cm³/mol. The fraction of sp³-hybridized carbons (Fsp3) is 0.533. The van der Waals surface area contributed by atoms with Crippen molar-refractivity contribution in [1.29, 1.82) is 0 Å². The quantitative estimate of drug-likeness (QED) is 0.679. The minimum Gasteiger partial charge on any atom is -0.496 e. The second-order valence-electron chi connectivity index (χ2n) is 4.46. The molecule has 0 amide bonds. The van der Waals surface area contributed by atoms with Crippen LogP contribution in [0.25, 0.3) is 0 Å². The Morgan fingerprint density at radius 3 is 2.67 bits per heavy atom. The Labute approximate surface area is 108 Å². The first kappa shape index (κ1) is 14.7. The molecule has 2 nitrogen and oxygen atoms in total. The highest BCUT2D eigenvalue weighted by Crippen LogP contribution is 2.26. The van der Waals surface area contributed by atoms with Crippen LogP contribution in [0.5, 0.6) is 5.75 Å². The molecular weight excluding hydrogens is 231 g/mol. The number of hydrogen-bond donors (Lipinski definition) is 0. The molecule has 3 heteroatoms. The predicted octanol–water partition coefficient (Wildman–Crippen LogP) is 4.23. The number of rotatable bonds is 7. The molecule has 0 fully saturated rings. The molecule has 0 N–H and O–H groups in total. The number of methoxy groups -OCH3 is 1. The Kier molecular flexibility index (Phi) is 5.83. The average Bonchev–Trinajstić information content (AvgIpc) is 2.39. The van der Waals surface area contributed by atoms with Crippen molar-refractivity contribution in [3.05, 3.63) is 29.6 Å². The van der Waals surface area contributed by atoms with E-state index >= 15 is 0 Å². The van der Waals surface area contributed by atoms with Gasteiger partial charge >= 0.3 is 0 Å². The Morgan fingerprint density at radius 1 is 1.39 bits per heavy atom. The lowest BCUT2D eigenvalue weighted by atomic mass is 9.90. The Hall–Kier alpha value is -1.38. The molecule has 0 heterocycles. The van der Waals surface area contributed by atoms with Crippen molar-refractivity contribution >= 4 is 5.78 Å². The zero-order valence-corrected chi connectivity index (χ0v) is 11.3. The molecule has 1 aromatic carbocycles. The van der Waals surface area contributed by atoms with Crippen LogP contribution in [0.3, 0.4) is 0 Å². The molecule has 0 aromatic heterocycles. The lowest BCUT2D eigenvalue weighted by molar-refractivity contribution is 0.0904. The summed E-state index contributed by atoms with van der Waals surface area (Å²) in [5.74, 6) is 0.00351. The van der Waals surface area contributed by atoms with E-state index < -0.39 is 5.82 Å². The maximum Gasteiger partial charge on any atom is 0.169 e. The van der Waals surface area contributed by atoms with Crippen molar-refractivity contribution in [1.82, 2.24) is 0 Å². The van der Waals surface area contributed by atoms with E-state index in [0.717, 1.165) is 25.7 Å². The molecule has 0 bridgehead atoms. The number of carbonyl (C=O) groups is 1. The van der Waals surface area contributed by atoms with Crippen molar-refractivity contribution in [2.24, 2.45) is 5.92 Å².